The third-order valence-electron chi connectivity index (χ3n) is 1.87. The van der Waals surface area contributed by atoms with Gasteiger partial charge in [0, 0.05) is 7.05 Å². The van der Waals surface area contributed by atoms with E-state index in [1.165, 1.54) is 11.1 Å². The zero-order valence-corrected chi connectivity index (χ0v) is 11.1. The molecule has 1 aromatic heterocycles. The number of nitrogens with zero attached hydrogens (tertiary/aromatic N) is 2. The summed E-state index contributed by atoms with van der Waals surface area (Å²) in [5.41, 5.74) is 5.88. The lowest BCUT2D eigenvalue weighted by molar-refractivity contribution is 0.0589. The quantitative estimate of drug-likeness (QED) is 0.786. The van der Waals surface area contributed by atoms with Gasteiger partial charge < -0.3 is 10.5 Å². The molecule has 0 fully saturated rings. The second-order valence-electron chi connectivity index (χ2n) is 4.62. The van der Waals surface area contributed by atoms with Crippen molar-refractivity contribution in [3.63, 3.8) is 0 Å². The number of pyridine rings is 1. The van der Waals surface area contributed by atoms with Crippen molar-refractivity contribution in [3.8, 4) is 0 Å². The highest BCUT2D eigenvalue weighted by molar-refractivity contribution is 6.32. The number of hydrogen-bond donors (Lipinski definition) is 1. The lowest BCUT2D eigenvalue weighted by Crippen LogP contribution is -2.34. The van der Waals surface area contributed by atoms with Gasteiger partial charge in [-0.05, 0) is 26.8 Å². The molecule has 0 aliphatic carbocycles. The molecule has 0 radical (unpaired) electrons. The molecule has 1 amide bonds. The normalized spacial score (nSPS) is 11.1. The Morgan fingerprint density at radius 2 is 2.12 bits per heavy atom. The summed E-state index contributed by atoms with van der Waals surface area (Å²) in [6.45, 7) is 5.37. The number of aromatic nitrogens is 1. The number of ether oxygens (including phenoxy) is 1. The number of carbonyl (C=O) groups is 1. The highest BCUT2D eigenvalue weighted by Crippen LogP contribution is 2.25. The van der Waals surface area contributed by atoms with E-state index in [1.807, 2.05) is 0 Å². The third-order valence-corrected chi connectivity index (χ3v) is 2.16. The van der Waals surface area contributed by atoms with Crippen molar-refractivity contribution in [2.75, 3.05) is 17.7 Å². The van der Waals surface area contributed by atoms with Crippen LogP contribution >= 0.6 is 11.6 Å². The first-order chi connectivity index (χ1) is 7.70. The first-order valence-corrected chi connectivity index (χ1v) is 5.46. The van der Waals surface area contributed by atoms with Crippen molar-refractivity contribution < 1.29 is 9.53 Å². The smallest absolute Gasteiger partial charge is 0.414 e. The van der Waals surface area contributed by atoms with Crippen molar-refractivity contribution in [2.45, 2.75) is 26.4 Å². The van der Waals surface area contributed by atoms with E-state index in [9.17, 15) is 4.79 Å². The van der Waals surface area contributed by atoms with Crippen molar-refractivity contribution >= 4 is 29.1 Å². The molecule has 0 atom stereocenters. The van der Waals surface area contributed by atoms with Gasteiger partial charge in [-0.1, -0.05) is 11.6 Å². The molecule has 0 spiro atoms. The summed E-state index contributed by atoms with van der Waals surface area (Å²) in [4.78, 5) is 16.9. The van der Waals surface area contributed by atoms with Crippen LogP contribution in [0.5, 0.6) is 0 Å². The Balaban J connectivity index is 2.92. The van der Waals surface area contributed by atoms with E-state index in [4.69, 9.17) is 22.1 Å². The molecule has 1 aromatic rings. The number of hydrogen-bond acceptors (Lipinski definition) is 4. The van der Waals surface area contributed by atoms with E-state index in [-0.39, 0.29) is 5.15 Å². The number of nitrogens with two attached hydrogens (primary N) is 1. The average molecular weight is 258 g/mol. The molecule has 0 aromatic carbocycles. The van der Waals surface area contributed by atoms with Gasteiger partial charge in [-0.15, -0.1) is 0 Å². The Hall–Kier alpha value is -1.49. The summed E-state index contributed by atoms with van der Waals surface area (Å²) < 4.78 is 5.21. The number of rotatable bonds is 1. The predicted molar refractivity (Wildman–Crippen MR) is 68.3 cm³/mol. The largest absolute Gasteiger partial charge is 0.443 e. The maximum atomic E-state index is 11.8. The minimum absolute atomic E-state index is 0.201. The molecule has 17 heavy (non-hydrogen) atoms. The Kier molecular flexibility index (Phi) is 3.83. The Morgan fingerprint density at radius 1 is 1.53 bits per heavy atom. The van der Waals surface area contributed by atoms with Gasteiger partial charge >= 0.3 is 6.09 Å². The molecule has 0 saturated heterocycles. The van der Waals surface area contributed by atoms with Gasteiger partial charge in [0.15, 0.2) is 5.15 Å². The van der Waals surface area contributed by atoms with E-state index in [0.717, 1.165) is 0 Å². The highest BCUT2D eigenvalue weighted by atomic mass is 35.5. The van der Waals surface area contributed by atoms with Gasteiger partial charge in [-0.25, -0.2) is 9.78 Å². The Labute approximate surface area is 106 Å². The monoisotopic (exact) mass is 257 g/mol. The number of anilines is 2. The molecule has 0 aliphatic heterocycles. The molecule has 2 N–H and O–H groups in total. The van der Waals surface area contributed by atoms with Crippen LogP contribution in [-0.4, -0.2) is 23.7 Å². The van der Waals surface area contributed by atoms with Crippen LogP contribution in [0.15, 0.2) is 12.3 Å². The van der Waals surface area contributed by atoms with Crippen molar-refractivity contribution in [2.24, 2.45) is 0 Å². The van der Waals surface area contributed by atoms with Gasteiger partial charge in [0.25, 0.3) is 0 Å². The summed E-state index contributed by atoms with van der Waals surface area (Å²) in [7, 11) is 1.55. The van der Waals surface area contributed by atoms with E-state index in [2.05, 4.69) is 4.98 Å². The molecule has 0 bridgehead atoms. The van der Waals surface area contributed by atoms with Gasteiger partial charge in [0.2, 0.25) is 0 Å². The summed E-state index contributed by atoms with van der Waals surface area (Å²) in [5, 5.41) is 0.201. The fraction of sp³-hybridized carbons (Fsp3) is 0.455. The van der Waals surface area contributed by atoms with E-state index >= 15 is 0 Å². The molecular weight excluding hydrogens is 242 g/mol. The third kappa shape index (κ3) is 3.78. The van der Waals surface area contributed by atoms with Crippen molar-refractivity contribution in [1.82, 2.24) is 4.98 Å². The molecule has 0 aliphatic rings. The zero-order valence-electron chi connectivity index (χ0n) is 10.3. The average Bonchev–Trinajstić information content (AvgIpc) is 2.18. The number of amides is 1. The van der Waals surface area contributed by atoms with E-state index in [0.29, 0.717) is 11.4 Å². The molecule has 1 rings (SSSR count). The van der Waals surface area contributed by atoms with Crippen molar-refractivity contribution in [1.29, 1.82) is 0 Å². The van der Waals surface area contributed by atoms with Crippen LogP contribution in [0, 0.1) is 0 Å². The van der Waals surface area contributed by atoms with Crippen LogP contribution in [0.25, 0.3) is 0 Å². The predicted octanol–water partition coefficient (Wildman–Crippen LogP) is 2.69. The summed E-state index contributed by atoms with van der Waals surface area (Å²) in [6.07, 6.45) is 0.918. The summed E-state index contributed by atoms with van der Waals surface area (Å²) in [5.74, 6) is 0. The van der Waals surface area contributed by atoms with Crippen molar-refractivity contribution in [3.05, 3.63) is 17.4 Å². The van der Waals surface area contributed by atoms with Crippen LogP contribution in [0.2, 0.25) is 5.15 Å². The minimum Gasteiger partial charge on any atom is -0.443 e. The van der Waals surface area contributed by atoms with E-state index < -0.39 is 11.7 Å². The first-order valence-electron chi connectivity index (χ1n) is 5.08. The molecular formula is C11H16ClN3O2. The lowest BCUT2D eigenvalue weighted by atomic mass is 10.2. The zero-order chi connectivity index (χ0) is 13.2. The molecule has 5 nitrogen and oxygen atoms in total. The minimum atomic E-state index is -0.564. The Morgan fingerprint density at radius 3 is 2.65 bits per heavy atom. The van der Waals surface area contributed by atoms with E-state index in [1.54, 1.807) is 33.9 Å². The van der Waals surface area contributed by atoms with Gasteiger partial charge in [-0.3, -0.25) is 4.90 Å². The van der Waals surface area contributed by atoms with Crippen LogP contribution in [-0.2, 0) is 4.74 Å². The van der Waals surface area contributed by atoms with Gasteiger partial charge in [-0.2, -0.15) is 0 Å². The molecule has 0 unspecified atom stereocenters. The number of halogens is 1. The first kappa shape index (κ1) is 13.6. The number of nitrogen functional groups attached to an aromatic ring is 1. The summed E-state index contributed by atoms with van der Waals surface area (Å²) in [6, 6.07) is 1.57. The van der Waals surface area contributed by atoms with Gasteiger partial charge in [0.05, 0.1) is 17.6 Å². The van der Waals surface area contributed by atoms with Crippen LogP contribution in [0.4, 0.5) is 16.2 Å². The second kappa shape index (κ2) is 4.79. The SMILES string of the molecule is CN(C(=O)OC(C)(C)C)c1cc(N)cnc1Cl. The lowest BCUT2D eigenvalue weighted by Gasteiger charge is -2.25. The maximum absolute atomic E-state index is 11.8. The molecule has 94 valence electrons. The van der Waals surface area contributed by atoms with Crippen LogP contribution < -0.4 is 10.6 Å². The van der Waals surface area contributed by atoms with Gasteiger partial charge in [0.1, 0.15) is 5.60 Å². The molecule has 0 saturated carbocycles. The standard InChI is InChI=1S/C11H16ClN3O2/c1-11(2,3)17-10(16)15(4)8-5-7(13)6-14-9(8)12/h5-6H,13H2,1-4H3. The fourth-order valence-electron chi connectivity index (χ4n) is 1.12. The topological polar surface area (TPSA) is 68.5 Å². The number of carbonyl (C=O) groups excluding carboxylic acids is 1. The fourth-order valence-corrected chi connectivity index (χ4v) is 1.35. The highest BCUT2D eigenvalue weighted by Gasteiger charge is 2.22. The second-order valence-corrected chi connectivity index (χ2v) is 4.98. The van der Waals surface area contributed by atoms with Crippen LogP contribution in [0.1, 0.15) is 20.8 Å². The maximum Gasteiger partial charge on any atom is 0.414 e. The molecule has 1 heterocycles. The summed E-state index contributed by atoms with van der Waals surface area (Å²) >= 11 is 5.89. The Bertz CT molecular complexity index is 429. The molecule has 6 heteroatoms. The van der Waals surface area contributed by atoms with Crippen LogP contribution in [0.3, 0.4) is 0 Å².